The molecule has 1 fully saturated rings. The normalized spacial score (nSPS) is 15.3. The zero-order chi connectivity index (χ0) is 24.9. The van der Waals surface area contributed by atoms with Gasteiger partial charge in [-0.3, -0.25) is 4.79 Å². The Morgan fingerprint density at radius 3 is 2.92 bits per heavy atom. The van der Waals surface area contributed by atoms with Gasteiger partial charge >= 0.3 is 0 Å². The highest BCUT2D eigenvalue weighted by molar-refractivity contribution is 7.13. The molecule has 1 saturated heterocycles. The van der Waals surface area contributed by atoms with Crippen molar-refractivity contribution in [3.05, 3.63) is 76.4 Å². The molecular formula is C26H25ClN6O2S. The van der Waals surface area contributed by atoms with Crippen LogP contribution in [0.4, 0.5) is 11.6 Å². The fraction of sp³-hybridized carbons (Fsp3) is 0.231. The molecule has 8 nitrogen and oxygen atoms in total. The number of nitrogens with one attached hydrogen (secondary N) is 3. The van der Waals surface area contributed by atoms with Gasteiger partial charge in [-0.05, 0) is 62.2 Å². The number of hydrogen-bond donors (Lipinski definition) is 3. The van der Waals surface area contributed by atoms with Gasteiger partial charge in [0.25, 0.3) is 5.91 Å². The van der Waals surface area contributed by atoms with Crippen LogP contribution in [0.3, 0.4) is 0 Å². The molecule has 10 heteroatoms. The molecule has 1 amide bonds. The molecule has 3 heterocycles. The summed E-state index contributed by atoms with van der Waals surface area (Å²) < 4.78 is 6.19. The molecule has 1 unspecified atom stereocenters. The summed E-state index contributed by atoms with van der Waals surface area (Å²) in [4.78, 5) is 27.1. The number of thiazole rings is 1. The highest BCUT2D eigenvalue weighted by atomic mass is 35.5. The number of carbonyl (C=O) groups excluding carboxylic acids is 1. The van der Waals surface area contributed by atoms with Crippen molar-refractivity contribution in [1.82, 2.24) is 20.3 Å². The average Bonchev–Trinajstić information content (AvgIpc) is 3.36. The van der Waals surface area contributed by atoms with Crippen LogP contribution >= 0.6 is 22.9 Å². The second-order valence-corrected chi connectivity index (χ2v) is 9.72. The average molecular weight is 521 g/mol. The van der Waals surface area contributed by atoms with E-state index < -0.39 is 0 Å². The van der Waals surface area contributed by atoms with E-state index in [1.165, 1.54) is 11.3 Å². The van der Waals surface area contributed by atoms with E-state index in [2.05, 4.69) is 25.9 Å². The lowest BCUT2D eigenvalue weighted by atomic mass is 10.1. The van der Waals surface area contributed by atoms with Gasteiger partial charge in [0.1, 0.15) is 10.6 Å². The Labute approximate surface area is 218 Å². The topological polar surface area (TPSA) is 101 Å². The van der Waals surface area contributed by atoms with E-state index in [4.69, 9.17) is 21.3 Å². The lowest BCUT2D eigenvalue weighted by Gasteiger charge is -2.23. The van der Waals surface area contributed by atoms with Crippen LogP contribution in [0, 0.1) is 6.92 Å². The van der Waals surface area contributed by atoms with E-state index in [-0.39, 0.29) is 5.91 Å². The largest absolute Gasteiger partial charge is 0.437 e. The van der Waals surface area contributed by atoms with Crippen molar-refractivity contribution in [3.63, 3.8) is 0 Å². The van der Waals surface area contributed by atoms with Gasteiger partial charge in [0.2, 0.25) is 11.8 Å². The van der Waals surface area contributed by atoms with Crippen LogP contribution in [0.2, 0.25) is 5.02 Å². The third kappa shape index (κ3) is 5.64. The number of amides is 1. The lowest BCUT2D eigenvalue weighted by molar-refractivity contribution is 0.102. The molecule has 0 aliphatic carbocycles. The highest BCUT2D eigenvalue weighted by Crippen LogP contribution is 2.36. The number of hydrogen-bond acceptors (Lipinski definition) is 8. The molecule has 2 aromatic carbocycles. The first-order valence-electron chi connectivity index (χ1n) is 11.7. The van der Waals surface area contributed by atoms with Gasteiger partial charge in [0.15, 0.2) is 0 Å². The molecule has 0 radical (unpaired) electrons. The lowest BCUT2D eigenvalue weighted by Crippen LogP contribution is -2.38. The molecule has 36 heavy (non-hydrogen) atoms. The van der Waals surface area contributed by atoms with Gasteiger partial charge in [0, 0.05) is 24.3 Å². The molecule has 2 aromatic heterocycles. The number of benzene rings is 2. The van der Waals surface area contributed by atoms with E-state index in [0.29, 0.717) is 39.9 Å². The fourth-order valence-electron chi connectivity index (χ4n) is 3.90. The van der Waals surface area contributed by atoms with Crippen molar-refractivity contribution in [2.75, 3.05) is 23.7 Å². The summed E-state index contributed by atoms with van der Waals surface area (Å²) in [5.74, 6) is 1.26. The number of piperidine rings is 1. The highest BCUT2D eigenvalue weighted by Gasteiger charge is 2.18. The Balaban J connectivity index is 1.35. The quantitative estimate of drug-likeness (QED) is 0.284. The predicted octanol–water partition coefficient (Wildman–Crippen LogP) is 5.77. The standard InChI is InChI=1S/C26H25ClN6O2S/c1-16-8-9-17(24(34)32-20-7-3-2-6-19(20)27)13-22(16)35-25-23(36-15-30-25)21-10-12-29-26(33-21)31-18-5-4-11-28-14-18/h2-3,6-10,12-13,15,18,28H,4-5,11,14H2,1H3,(H,32,34)(H,29,31,33). The summed E-state index contributed by atoms with van der Waals surface area (Å²) in [5.41, 5.74) is 4.30. The van der Waals surface area contributed by atoms with E-state index in [9.17, 15) is 4.79 Å². The third-order valence-corrected chi connectivity index (χ3v) is 6.99. The van der Waals surface area contributed by atoms with Crippen molar-refractivity contribution in [2.45, 2.75) is 25.8 Å². The molecule has 5 rings (SSSR count). The molecule has 3 N–H and O–H groups in total. The van der Waals surface area contributed by atoms with Crippen molar-refractivity contribution in [3.8, 4) is 22.2 Å². The van der Waals surface area contributed by atoms with Gasteiger partial charge < -0.3 is 20.7 Å². The Kier molecular flexibility index (Phi) is 7.41. The number of aromatic nitrogens is 3. The molecule has 0 bridgehead atoms. The summed E-state index contributed by atoms with van der Waals surface area (Å²) in [6.45, 7) is 3.85. The number of nitrogens with zero attached hydrogens (tertiary/aromatic N) is 3. The number of halogens is 1. The Bertz CT molecular complexity index is 1370. The van der Waals surface area contributed by atoms with E-state index >= 15 is 0 Å². The Morgan fingerprint density at radius 2 is 2.08 bits per heavy atom. The predicted molar refractivity (Wildman–Crippen MR) is 143 cm³/mol. The number of carbonyl (C=O) groups is 1. The summed E-state index contributed by atoms with van der Waals surface area (Å²) in [5, 5.41) is 10.1. The van der Waals surface area contributed by atoms with Crippen LogP contribution in [-0.2, 0) is 0 Å². The van der Waals surface area contributed by atoms with Gasteiger partial charge in [-0.25, -0.2) is 15.0 Å². The molecule has 0 saturated carbocycles. The molecule has 4 aromatic rings. The van der Waals surface area contributed by atoms with Crippen molar-refractivity contribution in [2.24, 2.45) is 0 Å². The smallest absolute Gasteiger partial charge is 0.255 e. The summed E-state index contributed by atoms with van der Waals surface area (Å²) >= 11 is 7.62. The first-order chi connectivity index (χ1) is 17.6. The first-order valence-corrected chi connectivity index (χ1v) is 12.9. The maximum absolute atomic E-state index is 12.9. The minimum atomic E-state index is -0.282. The van der Waals surface area contributed by atoms with Gasteiger partial charge in [-0.1, -0.05) is 29.8 Å². The maximum Gasteiger partial charge on any atom is 0.255 e. The second-order valence-electron chi connectivity index (χ2n) is 8.46. The molecule has 1 aliphatic rings. The van der Waals surface area contributed by atoms with Gasteiger partial charge in [0.05, 0.1) is 21.9 Å². The molecule has 184 valence electrons. The zero-order valence-corrected chi connectivity index (χ0v) is 21.2. The first kappa shape index (κ1) is 24.2. The fourth-order valence-corrected chi connectivity index (χ4v) is 4.77. The van der Waals surface area contributed by atoms with Crippen LogP contribution in [0.1, 0.15) is 28.8 Å². The van der Waals surface area contributed by atoms with E-state index in [0.717, 1.165) is 42.1 Å². The SMILES string of the molecule is Cc1ccc(C(=O)Nc2ccccc2Cl)cc1Oc1ncsc1-c1ccnc(NC2CCCNC2)n1. The summed E-state index contributed by atoms with van der Waals surface area (Å²) in [7, 11) is 0. The van der Waals surface area contributed by atoms with Crippen molar-refractivity contribution in [1.29, 1.82) is 0 Å². The number of rotatable bonds is 7. The monoisotopic (exact) mass is 520 g/mol. The van der Waals surface area contributed by atoms with Crippen LogP contribution in [-0.4, -0.2) is 40.0 Å². The molecule has 1 aliphatic heterocycles. The summed E-state index contributed by atoms with van der Waals surface area (Å²) in [6.07, 6.45) is 3.93. The minimum Gasteiger partial charge on any atom is -0.437 e. The van der Waals surface area contributed by atoms with Crippen molar-refractivity contribution < 1.29 is 9.53 Å². The van der Waals surface area contributed by atoms with Crippen LogP contribution in [0.15, 0.2) is 60.2 Å². The molecule has 1 atom stereocenters. The van der Waals surface area contributed by atoms with Gasteiger partial charge in [-0.15, -0.1) is 11.3 Å². The zero-order valence-electron chi connectivity index (χ0n) is 19.6. The van der Waals surface area contributed by atoms with Crippen LogP contribution in [0.25, 0.3) is 10.6 Å². The number of ether oxygens (including phenoxy) is 1. The van der Waals surface area contributed by atoms with E-state index in [1.807, 2.05) is 31.2 Å². The second kappa shape index (κ2) is 11.0. The molecular weight excluding hydrogens is 496 g/mol. The van der Waals surface area contributed by atoms with E-state index in [1.54, 1.807) is 36.0 Å². The minimum absolute atomic E-state index is 0.282. The van der Waals surface area contributed by atoms with Crippen LogP contribution in [0.5, 0.6) is 11.6 Å². The summed E-state index contributed by atoms with van der Waals surface area (Å²) in [6, 6.07) is 14.5. The Morgan fingerprint density at radius 1 is 1.19 bits per heavy atom. The maximum atomic E-state index is 12.9. The van der Waals surface area contributed by atoms with Crippen LogP contribution < -0.4 is 20.7 Å². The van der Waals surface area contributed by atoms with Crippen molar-refractivity contribution >= 4 is 40.5 Å². The Hall–Kier alpha value is -3.53. The number of para-hydroxylation sites is 1. The molecule has 0 spiro atoms. The van der Waals surface area contributed by atoms with Gasteiger partial charge in [-0.2, -0.15) is 0 Å². The number of anilines is 2. The third-order valence-electron chi connectivity index (χ3n) is 5.83. The number of aryl methyl sites for hydroxylation is 1.